The van der Waals surface area contributed by atoms with Crippen molar-refractivity contribution in [3.63, 3.8) is 0 Å². The summed E-state index contributed by atoms with van der Waals surface area (Å²) in [7, 11) is 0. The number of carbonyl (C=O) groups is 2. The molecule has 1 aliphatic rings. The molecule has 1 saturated heterocycles. The fourth-order valence-electron chi connectivity index (χ4n) is 3.07. The second kappa shape index (κ2) is 8.07. The summed E-state index contributed by atoms with van der Waals surface area (Å²) < 4.78 is 5.78. The molecule has 0 radical (unpaired) electrons. The van der Waals surface area contributed by atoms with Crippen molar-refractivity contribution in [2.24, 2.45) is 0 Å². The van der Waals surface area contributed by atoms with E-state index >= 15 is 0 Å². The van der Waals surface area contributed by atoms with Gasteiger partial charge in [-0.1, -0.05) is 18.2 Å². The molecule has 0 spiro atoms. The number of piperazine rings is 1. The summed E-state index contributed by atoms with van der Waals surface area (Å²) in [6.07, 6.45) is -0.563. The number of anilines is 1. The van der Waals surface area contributed by atoms with Gasteiger partial charge in [-0.15, -0.1) is 0 Å². The molecule has 1 fully saturated rings. The van der Waals surface area contributed by atoms with Gasteiger partial charge in [0, 0.05) is 26.2 Å². The number of rotatable bonds is 5. The lowest BCUT2D eigenvalue weighted by Gasteiger charge is -2.36. The number of ether oxygens (including phenoxy) is 1. The zero-order valence-corrected chi connectivity index (χ0v) is 15.5. The predicted molar refractivity (Wildman–Crippen MR) is 101 cm³/mol. The third-order valence-electron chi connectivity index (χ3n) is 4.52. The molecular weight excluding hydrogens is 346 g/mol. The van der Waals surface area contributed by atoms with Crippen LogP contribution in [0.5, 0.6) is 5.75 Å². The predicted octanol–water partition coefficient (Wildman–Crippen LogP) is 2.20. The number of hydrogen-bond acceptors (Lipinski definition) is 5. The first kappa shape index (κ1) is 18.7. The van der Waals surface area contributed by atoms with Crippen molar-refractivity contribution in [1.29, 1.82) is 0 Å². The fourth-order valence-corrected chi connectivity index (χ4v) is 3.07. The molecule has 1 atom stereocenters. The molecule has 0 saturated carbocycles. The summed E-state index contributed by atoms with van der Waals surface area (Å²) >= 11 is 0. The molecule has 1 aromatic carbocycles. The van der Waals surface area contributed by atoms with E-state index in [2.05, 4.69) is 4.98 Å². The Balaban J connectivity index is 1.57. The van der Waals surface area contributed by atoms with Crippen molar-refractivity contribution in [2.45, 2.75) is 20.0 Å². The van der Waals surface area contributed by atoms with E-state index in [0.29, 0.717) is 37.7 Å². The zero-order valence-electron chi connectivity index (χ0n) is 15.5. The summed E-state index contributed by atoms with van der Waals surface area (Å²) in [4.78, 5) is 31.7. The average Bonchev–Trinajstić information content (AvgIpc) is 2.67. The van der Waals surface area contributed by atoms with Gasteiger partial charge in [-0.05, 0) is 43.7 Å². The van der Waals surface area contributed by atoms with Crippen molar-refractivity contribution >= 4 is 17.7 Å². The number of aromatic nitrogens is 1. The first-order valence-electron chi connectivity index (χ1n) is 8.91. The fraction of sp³-hybridized carbons (Fsp3) is 0.350. The number of carboxylic acids is 1. The van der Waals surface area contributed by atoms with Gasteiger partial charge in [0.1, 0.15) is 11.6 Å². The van der Waals surface area contributed by atoms with Crippen LogP contribution in [0.4, 0.5) is 5.82 Å². The van der Waals surface area contributed by atoms with Crippen molar-refractivity contribution in [3.8, 4) is 5.75 Å². The van der Waals surface area contributed by atoms with Gasteiger partial charge in [0.05, 0.1) is 0 Å². The van der Waals surface area contributed by atoms with Crippen molar-refractivity contribution in [1.82, 2.24) is 9.88 Å². The number of carbonyl (C=O) groups excluding carboxylic acids is 1. The van der Waals surface area contributed by atoms with Gasteiger partial charge in [-0.3, -0.25) is 4.79 Å². The van der Waals surface area contributed by atoms with Crippen LogP contribution in [-0.2, 0) is 4.79 Å². The highest BCUT2D eigenvalue weighted by Crippen LogP contribution is 2.17. The Kier molecular flexibility index (Phi) is 5.59. The maximum atomic E-state index is 12.7. The van der Waals surface area contributed by atoms with Gasteiger partial charge in [0.2, 0.25) is 0 Å². The standard InChI is InChI=1S/C20H23N3O4/c1-14-5-3-6-16(13-14)27-15(2)19(24)23-11-9-22(10-12-23)18-8-4-7-17(21-18)20(25)26/h3-8,13,15H,9-12H2,1-2H3,(H,25,26). The second-order valence-electron chi connectivity index (χ2n) is 6.58. The molecule has 0 aliphatic carbocycles. The minimum Gasteiger partial charge on any atom is -0.481 e. The first-order chi connectivity index (χ1) is 12.9. The van der Waals surface area contributed by atoms with Crippen LogP contribution in [-0.4, -0.2) is 59.1 Å². The lowest BCUT2D eigenvalue weighted by atomic mass is 10.2. The Labute approximate surface area is 158 Å². The van der Waals surface area contributed by atoms with Crippen LogP contribution in [0.2, 0.25) is 0 Å². The number of carboxylic acid groups (broad SMARTS) is 1. The summed E-state index contributed by atoms with van der Waals surface area (Å²) in [5.74, 6) is 0.200. The Hall–Kier alpha value is -3.09. The lowest BCUT2D eigenvalue weighted by Crippen LogP contribution is -2.52. The minimum absolute atomic E-state index is 0.0196. The maximum absolute atomic E-state index is 12.7. The zero-order chi connectivity index (χ0) is 19.4. The van der Waals surface area contributed by atoms with Crippen molar-refractivity contribution < 1.29 is 19.4 Å². The minimum atomic E-state index is -1.05. The highest BCUT2D eigenvalue weighted by Gasteiger charge is 2.26. The summed E-state index contributed by atoms with van der Waals surface area (Å²) in [6.45, 7) is 6.01. The maximum Gasteiger partial charge on any atom is 0.354 e. The van der Waals surface area contributed by atoms with E-state index < -0.39 is 12.1 Å². The lowest BCUT2D eigenvalue weighted by molar-refractivity contribution is -0.138. The molecule has 142 valence electrons. The number of pyridine rings is 1. The van der Waals surface area contributed by atoms with Crippen LogP contribution in [0.25, 0.3) is 0 Å². The number of benzene rings is 1. The van der Waals surface area contributed by atoms with Gasteiger partial charge in [0.15, 0.2) is 11.8 Å². The molecule has 1 amide bonds. The molecular formula is C20H23N3O4. The number of aryl methyl sites for hydroxylation is 1. The molecule has 7 heteroatoms. The SMILES string of the molecule is Cc1cccc(OC(C)C(=O)N2CCN(c3cccc(C(=O)O)n3)CC2)c1. The van der Waals surface area contributed by atoms with Crippen molar-refractivity contribution in [3.05, 3.63) is 53.7 Å². The molecule has 0 bridgehead atoms. The summed E-state index contributed by atoms with van der Waals surface area (Å²) in [5, 5.41) is 9.07. The highest BCUT2D eigenvalue weighted by molar-refractivity contribution is 5.85. The number of hydrogen-bond donors (Lipinski definition) is 1. The monoisotopic (exact) mass is 369 g/mol. The van der Waals surface area contributed by atoms with E-state index in [-0.39, 0.29) is 11.6 Å². The van der Waals surface area contributed by atoms with Crippen LogP contribution in [0.3, 0.4) is 0 Å². The topological polar surface area (TPSA) is 83.0 Å². The van der Waals surface area contributed by atoms with E-state index in [1.165, 1.54) is 6.07 Å². The summed E-state index contributed by atoms with van der Waals surface area (Å²) in [6, 6.07) is 12.6. The van der Waals surface area contributed by atoms with Gasteiger partial charge in [-0.25, -0.2) is 9.78 Å². The van der Waals surface area contributed by atoms with Crippen LogP contribution >= 0.6 is 0 Å². The molecule has 1 N–H and O–H groups in total. The second-order valence-corrected chi connectivity index (χ2v) is 6.58. The molecule has 2 aromatic rings. The summed E-state index contributed by atoms with van der Waals surface area (Å²) in [5.41, 5.74) is 1.10. The largest absolute Gasteiger partial charge is 0.481 e. The van der Waals surface area contributed by atoms with Crippen molar-refractivity contribution in [2.75, 3.05) is 31.1 Å². The molecule has 7 nitrogen and oxygen atoms in total. The molecule has 2 heterocycles. The third-order valence-corrected chi connectivity index (χ3v) is 4.52. The number of amides is 1. The third kappa shape index (κ3) is 4.55. The Morgan fingerprint density at radius 1 is 1.11 bits per heavy atom. The van der Waals surface area contributed by atoms with E-state index in [0.717, 1.165) is 5.56 Å². The molecule has 1 unspecified atom stereocenters. The van der Waals surface area contributed by atoms with Gasteiger partial charge < -0.3 is 19.6 Å². The van der Waals surface area contributed by atoms with E-state index in [1.54, 1.807) is 24.0 Å². The average molecular weight is 369 g/mol. The van der Waals surface area contributed by atoms with Crippen LogP contribution in [0.1, 0.15) is 23.0 Å². The molecule has 1 aromatic heterocycles. The molecule has 1 aliphatic heterocycles. The first-order valence-corrected chi connectivity index (χ1v) is 8.91. The van der Waals surface area contributed by atoms with Gasteiger partial charge >= 0.3 is 5.97 Å². The Morgan fingerprint density at radius 3 is 2.48 bits per heavy atom. The smallest absolute Gasteiger partial charge is 0.354 e. The van der Waals surface area contributed by atoms with E-state index in [1.807, 2.05) is 36.1 Å². The Morgan fingerprint density at radius 2 is 1.81 bits per heavy atom. The highest BCUT2D eigenvalue weighted by atomic mass is 16.5. The van der Waals surface area contributed by atoms with Crippen LogP contribution in [0, 0.1) is 6.92 Å². The van der Waals surface area contributed by atoms with Gasteiger partial charge in [-0.2, -0.15) is 0 Å². The normalized spacial score (nSPS) is 15.3. The number of nitrogens with zero attached hydrogens (tertiary/aromatic N) is 3. The number of aromatic carboxylic acids is 1. The van der Waals surface area contributed by atoms with E-state index in [4.69, 9.17) is 9.84 Å². The van der Waals surface area contributed by atoms with Crippen LogP contribution in [0.15, 0.2) is 42.5 Å². The van der Waals surface area contributed by atoms with Crippen LogP contribution < -0.4 is 9.64 Å². The van der Waals surface area contributed by atoms with Gasteiger partial charge in [0.25, 0.3) is 5.91 Å². The van der Waals surface area contributed by atoms with E-state index in [9.17, 15) is 9.59 Å². The Bertz CT molecular complexity index is 831. The quantitative estimate of drug-likeness (QED) is 0.870. The molecule has 27 heavy (non-hydrogen) atoms. The molecule has 3 rings (SSSR count).